The molecule has 28 heavy (non-hydrogen) atoms. The first-order chi connectivity index (χ1) is 13.6. The Hall–Kier alpha value is -3.20. The zero-order valence-corrected chi connectivity index (χ0v) is 16.2. The molecule has 142 valence electrons. The second-order valence-corrected chi connectivity index (χ2v) is 7.12. The first-order valence-corrected chi connectivity index (χ1v) is 9.35. The summed E-state index contributed by atoms with van der Waals surface area (Å²) in [4.78, 5) is 27.9. The van der Waals surface area contributed by atoms with Gasteiger partial charge in [0.05, 0.1) is 12.5 Å². The SMILES string of the molecule is O=C(COc1ccc([C@H]2CC(=O)Nc3ncnn32)cc1)Nc1ccc(Br)cc1. The Morgan fingerprint density at radius 1 is 1.21 bits per heavy atom. The van der Waals surface area contributed by atoms with Gasteiger partial charge in [0, 0.05) is 10.2 Å². The number of benzene rings is 2. The Morgan fingerprint density at radius 2 is 1.96 bits per heavy atom. The molecule has 0 bridgehead atoms. The largest absolute Gasteiger partial charge is 0.484 e. The number of hydrogen-bond donors (Lipinski definition) is 2. The molecule has 0 aliphatic carbocycles. The smallest absolute Gasteiger partial charge is 0.262 e. The van der Waals surface area contributed by atoms with Crippen LogP contribution in [0, 0.1) is 0 Å². The lowest BCUT2D eigenvalue weighted by Crippen LogP contribution is -2.29. The van der Waals surface area contributed by atoms with Crippen LogP contribution in [0.4, 0.5) is 11.6 Å². The van der Waals surface area contributed by atoms with Crippen molar-refractivity contribution in [3.8, 4) is 5.75 Å². The topological polar surface area (TPSA) is 98.1 Å². The molecule has 1 aliphatic rings. The van der Waals surface area contributed by atoms with Gasteiger partial charge in [-0.25, -0.2) is 4.68 Å². The molecule has 0 radical (unpaired) electrons. The summed E-state index contributed by atoms with van der Waals surface area (Å²) in [6.07, 6.45) is 1.70. The summed E-state index contributed by atoms with van der Waals surface area (Å²) in [7, 11) is 0. The van der Waals surface area contributed by atoms with E-state index in [2.05, 4.69) is 36.6 Å². The summed E-state index contributed by atoms with van der Waals surface area (Å²) >= 11 is 3.35. The van der Waals surface area contributed by atoms with Crippen molar-refractivity contribution in [3.05, 3.63) is 64.9 Å². The van der Waals surface area contributed by atoms with Gasteiger partial charge in [-0.1, -0.05) is 28.1 Å². The summed E-state index contributed by atoms with van der Waals surface area (Å²) < 4.78 is 8.17. The number of rotatable bonds is 5. The molecule has 8 nitrogen and oxygen atoms in total. The van der Waals surface area contributed by atoms with Gasteiger partial charge < -0.3 is 10.1 Å². The van der Waals surface area contributed by atoms with Crippen LogP contribution in [0.25, 0.3) is 0 Å². The van der Waals surface area contributed by atoms with Crippen LogP contribution in [0.5, 0.6) is 5.75 Å². The number of carbonyl (C=O) groups is 2. The van der Waals surface area contributed by atoms with Gasteiger partial charge in [0.25, 0.3) is 5.91 Å². The number of nitrogens with one attached hydrogen (secondary N) is 2. The minimum Gasteiger partial charge on any atom is -0.484 e. The average Bonchev–Trinajstić information content (AvgIpc) is 3.16. The summed E-state index contributed by atoms with van der Waals surface area (Å²) in [5.74, 6) is 0.651. The van der Waals surface area contributed by atoms with Crippen LogP contribution in [-0.2, 0) is 9.59 Å². The van der Waals surface area contributed by atoms with Gasteiger partial charge in [-0.15, -0.1) is 0 Å². The highest BCUT2D eigenvalue weighted by atomic mass is 79.9. The molecule has 9 heteroatoms. The highest BCUT2D eigenvalue weighted by molar-refractivity contribution is 9.10. The highest BCUT2D eigenvalue weighted by Gasteiger charge is 2.27. The van der Waals surface area contributed by atoms with Gasteiger partial charge >= 0.3 is 0 Å². The van der Waals surface area contributed by atoms with E-state index in [1.54, 1.807) is 28.9 Å². The van der Waals surface area contributed by atoms with Crippen molar-refractivity contribution < 1.29 is 14.3 Å². The molecule has 4 rings (SSSR count). The summed E-state index contributed by atoms with van der Waals surface area (Å²) in [5, 5.41) is 9.63. The van der Waals surface area contributed by atoms with E-state index in [4.69, 9.17) is 4.74 Å². The normalized spacial score (nSPS) is 15.5. The fraction of sp³-hybridized carbons (Fsp3) is 0.158. The van der Waals surface area contributed by atoms with Gasteiger partial charge in [0.15, 0.2) is 6.61 Å². The number of hydrogen-bond acceptors (Lipinski definition) is 5. The lowest BCUT2D eigenvalue weighted by atomic mass is 10.0. The molecular formula is C19H16BrN5O3. The first-order valence-electron chi connectivity index (χ1n) is 8.56. The fourth-order valence-electron chi connectivity index (χ4n) is 2.93. The number of carbonyl (C=O) groups excluding carboxylic acids is 2. The summed E-state index contributed by atoms with van der Waals surface area (Å²) in [6.45, 7) is -0.103. The number of aromatic nitrogens is 3. The first kappa shape index (κ1) is 18.2. The van der Waals surface area contributed by atoms with Crippen LogP contribution in [0.2, 0.25) is 0 Å². The lowest BCUT2D eigenvalue weighted by molar-refractivity contribution is -0.118. The summed E-state index contributed by atoms with van der Waals surface area (Å²) in [6, 6.07) is 14.3. The average molecular weight is 442 g/mol. The number of anilines is 2. The van der Waals surface area contributed by atoms with Gasteiger partial charge in [0.1, 0.15) is 12.1 Å². The lowest BCUT2D eigenvalue weighted by Gasteiger charge is -2.23. The fourth-order valence-corrected chi connectivity index (χ4v) is 3.19. The maximum absolute atomic E-state index is 12.0. The molecule has 1 aliphatic heterocycles. The number of fused-ring (bicyclic) bond motifs is 1. The molecule has 0 spiro atoms. The second kappa shape index (κ2) is 7.81. The second-order valence-electron chi connectivity index (χ2n) is 6.21. The van der Waals surface area contributed by atoms with Gasteiger partial charge in [0.2, 0.25) is 11.9 Å². The molecule has 0 fully saturated rings. The molecule has 1 atom stereocenters. The number of nitrogens with zero attached hydrogens (tertiary/aromatic N) is 3. The van der Waals surface area contributed by atoms with Crippen molar-refractivity contribution in [2.45, 2.75) is 12.5 Å². The summed E-state index contributed by atoms with van der Waals surface area (Å²) in [5.41, 5.74) is 1.61. The Kier molecular flexibility index (Phi) is 5.07. The van der Waals surface area contributed by atoms with E-state index in [0.29, 0.717) is 17.4 Å². The van der Waals surface area contributed by atoms with E-state index in [-0.39, 0.29) is 30.9 Å². The third-order valence-electron chi connectivity index (χ3n) is 4.26. The van der Waals surface area contributed by atoms with E-state index >= 15 is 0 Å². The van der Waals surface area contributed by atoms with Crippen LogP contribution in [0.3, 0.4) is 0 Å². The number of halogens is 1. The molecule has 0 unspecified atom stereocenters. The van der Waals surface area contributed by atoms with E-state index < -0.39 is 0 Å². The maximum Gasteiger partial charge on any atom is 0.262 e. The third-order valence-corrected chi connectivity index (χ3v) is 4.79. The predicted molar refractivity (Wildman–Crippen MR) is 106 cm³/mol. The Morgan fingerprint density at radius 3 is 2.71 bits per heavy atom. The molecule has 2 aromatic carbocycles. The zero-order valence-electron chi connectivity index (χ0n) is 14.6. The van der Waals surface area contributed by atoms with Crippen molar-refractivity contribution in [2.75, 3.05) is 17.2 Å². The minimum absolute atomic E-state index is 0.101. The van der Waals surface area contributed by atoms with Crippen LogP contribution in [-0.4, -0.2) is 33.2 Å². The Balaban J connectivity index is 1.37. The van der Waals surface area contributed by atoms with E-state index in [9.17, 15) is 9.59 Å². The predicted octanol–water partition coefficient (Wildman–Crippen LogP) is 2.99. The standard InChI is InChI=1S/C19H16BrN5O3/c20-13-3-5-14(6-4-13)23-18(27)10-28-15-7-1-12(2-8-15)16-9-17(26)24-19-21-11-22-25(16)19/h1-8,11,16H,9-10H2,(H,23,27)(H,21,22,24,26)/t16-/m1/s1. The Labute approximate surface area is 169 Å². The third kappa shape index (κ3) is 4.04. The van der Waals surface area contributed by atoms with Crippen LogP contribution in [0.1, 0.15) is 18.0 Å². The van der Waals surface area contributed by atoms with Crippen molar-refractivity contribution >= 4 is 39.4 Å². The van der Waals surface area contributed by atoms with E-state index in [1.807, 2.05) is 24.3 Å². The van der Waals surface area contributed by atoms with Crippen LogP contribution >= 0.6 is 15.9 Å². The monoisotopic (exact) mass is 441 g/mol. The number of ether oxygens (including phenoxy) is 1. The van der Waals surface area contributed by atoms with Gasteiger partial charge in [-0.3, -0.25) is 14.9 Å². The van der Waals surface area contributed by atoms with E-state index in [1.165, 1.54) is 6.33 Å². The molecule has 3 aromatic rings. The zero-order chi connectivity index (χ0) is 19.5. The maximum atomic E-state index is 12.0. The Bertz CT molecular complexity index is 1000. The van der Waals surface area contributed by atoms with E-state index in [0.717, 1.165) is 10.0 Å². The quantitative estimate of drug-likeness (QED) is 0.633. The van der Waals surface area contributed by atoms with Gasteiger partial charge in [-0.05, 0) is 42.0 Å². The van der Waals surface area contributed by atoms with Crippen molar-refractivity contribution in [3.63, 3.8) is 0 Å². The van der Waals surface area contributed by atoms with Crippen LogP contribution < -0.4 is 15.4 Å². The molecule has 0 saturated heterocycles. The van der Waals surface area contributed by atoms with Crippen molar-refractivity contribution in [1.29, 1.82) is 0 Å². The molecular weight excluding hydrogens is 426 g/mol. The molecule has 1 aromatic heterocycles. The number of amides is 2. The highest BCUT2D eigenvalue weighted by Crippen LogP contribution is 2.29. The molecule has 2 heterocycles. The molecule has 0 saturated carbocycles. The van der Waals surface area contributed by atoms with Crippen LogP contribution in [0.15, 0.2) is 59.3 Å². The molecule has 2 amide bonds. The van der Waals surface area contributed by atoms with Gasteiger partial charge in [-0.2, -0.15) is 10.1 Å². The van der Waals surface area contributed by atoms with Crippen molar-refractivity contribution in [2.24, 2.45) is 0 Å². The minimum atomic E-state index is -0.248. The van der Waals surface area contributed by atoms with Crippen molar-refractivity contribution in [1.82, 2.24) is 14.8 Å². The molecule has 2 N–H and O–H groups in total.